The second-order valence-corrected chi connectivity index (χ2v) is 4.89. The smallest absolute Gasteiger partial charge is 0.156 e. The van der Waals surface area contributed by atoms with Crippen molar-refractivity contribution in [3.63, 3.8) is 0 Å². The molecule has 2 heterocycles. The highest BCUT2D eigenvalue weighted by atomic mass is 16.5. The van der Waals surface area contributed by atoms with Crippen molar-refractivity contribution >= 4 is 5.82 Å². The molecule has 0 aromatic carbocycles. The minimum Gasteiger partial charge on any atom is -0.376 e. The molecule has 0 saturated carbocycles. The summed E-state index contributed by atoms with van der Waals surface area (Å²) in [5.41, 5.74) is 0.962. The topological polar surface area (TPSA) is 56.3 Å². The predicted molar refractivity (Wildman–Crippen MR) is 74.2 cm³/mol. The lowest BCUT2D eigenvalue weighted by Gasteiger charge is -2.11. The Morgan fingerprint density at radius 1 is 1.47 bits per heavy atom. The van der Waals surface area contributed by atoms with E-state index in [1.54, 1.807) is 0 Å². The highest BCUT2D eigenvalue weighted by molar-refractivity contribution is 5.35. The molecule has 1 aliphatic heterocycles. The number of hydrogen-bond acceptors (Lipinski definition) is 5. The molecule has 5 nitrogen and oxygen atoms in total. The molecule has 1 N–H and O–H groups in total. The van der Waals surface area contributed by atoms with Crippen molar-refractivity contribution in [3.05, 3.63) is 17.6 Å². The Morgan fingerprint density at radius 3 is 3.11 bits per heavy atom. The fraction of sp³-hybridized carbons (Fsp3) is 0.714. The summed E-state index contributed by atoms with van der Waals surface area (Å²) in [6.45, 7) is 6.97. The summed E-state index contributed by atoms with van der Waals surface area (Å²) in [5, 5.41) is 3.28. The summed E-state index contributed by atoms with van der Waals surface area (Å²) in [6.07, 6.45) is 3.56. The highest BCUT2D eigenvalue weighted by Crippen LogP contribution is 2.13. The van der Waals surface area contributed by atoms with E-state index in [1.807, 2.05) is 13.0 Å². The maximum atomic E-state index is 5.64. The largest absolute Gasteiger partial charge is 0.376 e. The zero-order valence-corrected chi connectivity index (χ0v) is 11.8. The maximum absolute atomic E-state index is 5.64. The van der Waals surface area contributed by atoms with E-state index in [-0.39, 0.29) is 6.10 Å². The normalized spacial score (nSPS) is 18.7. The van der Waals surface area contributed by atoms with Gasteiger partial charge in [-0.25, -0.2) is 9.97 Å². The van der Waals surface area contributed by atoms with Crippen LogP contribution in [-0.2, 0) is 16.1 Å². The molecule has 1 aliphatic rings. The van der Waals surface area contributed by atoms with Crippen LogP contribution >= 0.6 is 0 Å². The number of ether oxygens (including phenoxy) is 2. The molecule has 1 unspecified atom stereocenters. The molecule has 2 rings (SSSR count). The first-order valence-corrected chi connectivity index (χ1v) is 7.05. The first-order valence-electron chi connectivity index (χ1n) is 7.05. The average Bonchev–Trinajstić information content (AvgIpc) is 2.89. The fourth-order valence-electron chi connectivity index (χ4n) is 2.10. The van der Waals surface area contributed by atoms with Gasteiger partial charge in [0.25, 0.3) is 0 Å². The van der Waals surface area contributed by atoms with Gasteiger partial charge in [0.05, 0.1) is 12.7 Å². The SMILES string of the molecule is CCCNc1cc(C)nc(COCC2CCCO2)n1. The van der Waals surface area contributed by atoms with Crippen LogP contribution in [0.1, 0.15) is 37.7 Å². The molecule has 0 radical (unpaired) electrons. The van der Waals surface area contributed by atoms with Crippen LogP contribution in [0.25, 0.3) is 0 Å². The molecule has 1 aromatic heterocycles. The average molecular weight is 265 g/mol. The van der Waals surface area contributed by atoms with Gasteiger partial charge >= 0.3 is 0 Å². The van der Waals surface area contributed by atoms with Gasteiger partial charge in [0.2, 0.25) is 0 Å². The van der Waals surface area contributed by atoms with E-state index in [1.165, 1.54) is 0 Å². The summed E-state index contributed by atoms with van der Waals surface area (Å²) in [6, 6.07) is 1.96. The predicted octanol–water partition coefficient (Wildman–Crippen LogP) is 2.30. The number of anilines is 1. The van der Waals surface area contributed by atoms with Crippen molar-refractivity contribution in [2.45, 2.75) is 45.8 Å². The Morgan fingerprint density at radius 2 is 2.37 bits per heavy atom. The molecule has 1 saturated heterocycles. The molecular weight excluding hydrogens is 242 g/mol. The van der Waals surface area contributed by atoms with E-state index in [0.29, 0.717) is 13.2 Å². The van der Waals surface area contributed by atoms with Crippen LogP contribution in [0.3, 0.4) is 0 Å². The lowest BCUT2D eigenvalue weighted by molar-refractivity contribution is 0.00863. The number of nitrogens with one attached hydrogen (secondary N) is 1. The summed E-state index contributed by atoms with van der Waals surface area (Å²) in [7, 11) is 0. The molecule has 106 valence electrons. The van der Waals surface area contributed by atoms with Crippen molar-refractivity contribution < 1.29 is 9.47 Å². The zero-order chi connectivity index (χ0) is 13.5. The molecule has 0 amide bonds. The van der Waals surface area contributed by atoms with E-state index in [2.05, 4.69) is 22.2 Å². The third kappa shape index (κ3) is 4.76. The van der Waals surface area contributed by atoms with E-state index in [4.69, 9.17) is 9.47 Å². The second-order valence-electron chi connectivity index (χ2n) is 4.89. The quantitative estimate of drug-likeness (QED) is 0.820. The van der Waals surface area contributed by atoms with Gasteiger partial charge < -0.3 is 14.8 Å². The Labute approximate surface area is 114 Å². The van der Waals surface area contributed by atoms with Gasteiger partial charge in [-0.3, -0.25) is 0 Å². The Hall–Kier alpha value is -1.20. The molecule has 1 fully saturated rings. The molecular formula is C14H23N3O2. The van der Waals surface area contributed by atoms with Gasteiger partial charge in [-0.1, -0.05) is 6.92 Å². The van der Waals surface area contributed by atoms with Crippen molar-refractivity contribution in [2.24, 2.45) is 0 Å². The second kappa shape index (κ2) is 7.40. The van der Waals surface area contributed by atoms with Crippen LogP contribution in [0.2, 0.25) is 0 Å². The van der Waals surface area contributed by atoms with Crippen molar-refractivity contribution in [2.75, 3.05) is 25.1 Å². The Bertz CT molecular complexity index is 392. The first kappa shape index (κ1) is 14.2. The van der Waals surface area contributed by atoms with E-state index >= 15 is 0 Å². The van der Waals surface area contributed by atoms with E-state index < -0.39 is 0 Å². The minimum absolute atomic E-state index is 0.252. The molecule has 5 heteroatoms. The number of aromatic nitrogens is 2. The lowest BCUT2D eigenvalue weighted by Crippen LogP contribution is -2.15. The lowest BCUT2D eigenvalue weighted by atomic mass is 10.2. The van der Waals surface area contributed by atoms with Crippen LogP contribution in [-0.4, -0.2) is 35.8 Å². The van der Waals surface area contributed by atoms with Gasteiger partial charge in [0.15, 0.2) is 5.82 Å². The van der Waals surface area contributed by atoms with Crippen molar-refractivity contribution in [1.82, 2.24) is 9.97 Å². The number of rotatable bonds is 7. The molecule has 0 aliphatic carbocycles. The minimum atomic E-state index is 0.252. The van der Waals surface area contributed by atoms with Crippen LogP contribution in [0.4, 0.5) is 5.82 Å². The molecule has 19 heavy (non-hydrogen) atoms. The van der Waals surface area contributed by atoms with E-state index in [0.717, 1.165) is 49.8 Å². The van der Waals surface area contributed by atoms with Gasteiger partial charge in [0.1, 0.15) is 12.4 Å². The molecule has 0 bridgehead atoms. The maximum Gasteiger partial charge on any atom is 0.156 e. The third-order valence-electron chi connectivity index (χ3n) is 3.02. The van der Waals surface area contributed by atoms with Crippen molar-refractivity contribution in [3.8, 4) is 0 Å². The van der Waals surface area contributed by atoms with Gasteiger partial charge in [-0.2, -0.15) is 0 Å². The zero-order valence-electron chi connectivity index (χ0n) is 11.8. The first-order chi connectivity index (χ1) is 9.28. The number of hydrogen-bond donors (Lipinski definition) is 1. The van der Waals surface area contributed by atoms with Crippen molar-refractivity contribution in [1.29, 1.82) is 0 Å². The summed E-state index contributed by atoms with van der Waals surface area (Å²) < 4.78 is 11.2. The monoisotopic (exact) mass is 265 g/mol. The van der Waals surface area contributed by atoms with Gasteiger partial charge in [-0.15, -0.1) is 0 Å². The summed E-state index contributed by atoms with van der Waals surface area (Å²) in [5.74, 6) is 1.61. The fourth-order valence-corrected chi connectivity index (χ4v) is 2.10. The number of aryl methyl sites for hydroxylation is 1. The molecule has 1 atom stereocenters. The van der Waals surface area contributed by atoms with E-state index in [9.17, 15) is 0 Å². The highest BCUT2D eigenvalue weighted by Gasteiger charge is 2.15. The van der Waals surface area contributed by atoms with Crippen LogP contribution in [0.5, 0.6) is 0 Å². The standard InChI is InChI=1S/C14H23N3O2/c1-3-6-15-13-8-11(2)16-14(17-13)10-18-9-12-5-4-7-19-12/h8,12H,3-7,9-10H2,1-2H3,(H,15,16,17). The van der Waals surface area contributed by atoms with Crippen LogP contribution in [0, 0.1) is 6.92 Å². The Balaban J connectivity index is 1.82. The molecule has 0 spiro atoms. The van der Waals surface area contributed by atoms with Gasteiger partial charge in [-0.05, 0) is 26.2 Å². The van der Waals surface area contributed by atoms with Crippen LogP contribution in [0.15, 0.2) is 6.07 Å². The summed E-state index contributed by atoms with van der Waals surface area (Å²) in [4.78, 5) is 8.84. The number of nitrogens with zero attached hydrogens (tertiary/aromatic N) is 2. The van der Waals surface area contributed by atoms with Crippen LogP contribution < -0.4 is 5.32 Å². The third-order valence-corrected chi connectivity index (χ3v) is 3.02. The Kier molecular flexibility index (Phi) is 5.54. The van der Waals surface area contributed by atoms with Gasteiger partial charge in [0, 0.05) is 24.9 Å². The molecule has 1 aromatic rings. The summed E-state index contributed by atoms with van der Waals surface area (Å²) >= 11 is 0.